The van der Waals surface area contributed by atoms with E-state index in [9.17, 15) is 0 Å². The molecule has 0 rings (SSSR count). The van der Waals surface area contributed by atoms with Crippen LogP contribution in [0, 0.1) is 11.3 Å². The summed E-state index contributed by atoms with van der Waals surface area (Å²) in [5.41, 5.74) is 0.429. The normalized spacial score (nSPS) is 12.5. The van der Waals surface area contributed by atoms with Crippen molar-refractivity contribution in [2.45, 2.75) is 53.9 Å². The fourth-order valence-corrected chi connectivity index (χ4v) is 1.27. The molecule has 80 valence electrons. The van der Waals surface area contributed by atoms with Gasteiger partial charge in [0.15, 0.2) is 0 Å². The van der Waals surface area contributed by atoms with Crippen LogP contribution in [-0.2, 0) is 0 Å². The van der Waals surface area contributed by atoms with Gasteiger partial charge >= 0.3 is 0 Å². The fourth-order valence-electron chi connectivity index (χ4n) is 1.27. The Morgan fingerprint density at radius 2 is 1.69 bits per heavy atom. The van der Waals surface area contributed by atoms with Gasteiger partial charge in [0.25, 0.3) is 0 Å². The second-order valence-corrected chi connectivity index (χ2v) is 5.63. The molecule has 0 spiro atoms. The molecule has 13 heavy (non-hydrogen) atoms. The number of rotatable bonds is 6. The molecule has 0 saturated heterocycles. The third kappa shape index (κ3) is 12.0. The van der Waals surface area contributed by atoms with Crippen molar-refractivity contribution in [3.8, 4) is 0 Å². The Labute approximate surface area is 84.3 Å². The van der Waals surface area contributed by atoms with Gasteiger partial charge in [0, 0.05) is 0 Å². The molecule has 0 aliphatic heterocycles. The number of hydrogen-bond donors (Lipinski definition) is 1. The van der Waals surface area contributed by atoms with Crippen molar-refractivity contribution in [1.82, 2.24) is 5.32 Å². The third-order valence-corrected chi connectivity index (χ3v) is 2.04. The van der Waals surface area contributed by atoms with Crippen molar-refractivity contribution in [2.24, 2.45) is 11.3 Å². The van der Waals surface area contributed by atoms with E-state index < -0.39 is 0 Å². The average Bonchev–Trinajstić information content (AvgIpc) is 1.93. The number of nitrogens with one attached hydrogen (secondary N) is 1. The summed E-state index contributed by atoms with van der Waals surface area (Å²) < 4.78 is 0. The van der Waals surface area contributed by atoms with Crippen LogP contribution in [0.1, 0.15) is 53.9 Å². The molecule has 0 atom stereocenters. The van der Waals surface area contributed by atoms with Crippen molar-refractivity contribution in [3.05, 3.63) is 0 Å². The first-order valence-electron chi connectivity index (χ1n) is 5.62. The molecular weight excluding hydrogens is 158 g/mol. The summed E-state index contributed by atoms with van der Waals surface area (Å²) in [7, 11) is 0. The third-order valence-electron chi connectivity index (χ3n) is 2.04. The van der Waals surface area contributed by atoms with Crippen LogP contribution in [0.15, 0.2) is 0 Å². The van der Waals surface area contributed by atoms with Crippen molar-refractivity contribution in [2.75, 3.05) is 13.1 Å². The molecule has 0 heterocycles. The second kappa shape index (κ2) is 6.42. The van der Waals surface area contributed by atoms with E-state index in [1.54, 1.807) is 0 Å². The molecule has 0 saturated carbocycles. The first-order valence-corrected chi connectivity index (χ1v) is 5.62. The predicted molar refractivity (Wildman–Crippen MR) is 61.0 cm³/mol. The smallest absolute Gasteiger partial charge is 0.0000126 e. The van der Waals surface area contributed by atoms with Gasteiger partial charge in [0.05, 0.1) is 0 Å². The minimum Gasteiger partial charge on any atom is -0.316 e. The summed E-state index contributed by atoms with van der Waals surface area (Å²) in [6, 6.07) is 0. The van der Waals surface area contributed by atoms with Gasteiger partial charge < -0.3 is 5.32 Å². The Morgan fingerprint density at radius 3 is 2.15 bits per heavy atom. The Kier molecular flexibility index (Phi) is 6.40. The topological polar surface area (TPSA) is 12.0 Å². The average molecular weight is 185 g/mol. The largest absolute Gasteiger partial charge is 0.316 e. The van der Waals surface area contributed by atoms with Crippen molar-refractivity contribution in [3.63, 3.8) is 0 Å². The van der Waals surface area contributed by atoms with Gasteiger partial charge in [-0.2, -0.15) is 0 Å². The molecule has 0 unspecified atom stereocenters. The lowest BCUT2D eigenvalue weighted by atomic mass is 9.97. The zero-order valence-corrected chi connectivity index (χ0v) is 10.1. The van der Waals surface area contributed by atoms with Crippen LogP contribution < -0.4 is 5.32 Å². The molecule has 0 fully saturated rings. The first kappa shape index (κ1) is 13.0. The summed E-state index contributed by atoms with van der Waals surface area (Å²) >= 11 is 0. The maximum atomic E-state index is 3.50. The zero-order valence-electron chi connectivity index (χ0n) is 10.1. The van der Waals surface area contributed by atoms with Crippen LogP contribution >= 0.6 is 0 Å². The van der Waals surface area contributed by atoms with E-state index >= 15 is 0 Å². The van der Waals surface area contributed by atoms with E-state index in [0.29, 0.717) is 5.41 Å². The van der Waals surface area contributed by atoms with Crippen LogP contribution in [0.2, 0.25) is 0 Å². The van der Waals surface area contributed by atoms with Gasteiger partial charge in [-0.3, -0.25) is 0 Å². The highest BCUT2D eigenvalue weighted by Gasteiger charge is 2.07. The van der Waals surface area contributed by atoms with Crippen LogP contribution in [0.4, 0.5) is 0 Å². The molecule has 0 bridgehead atoms. The fraction of sp³-hybridized carbons (Fsp3) is 1.00. The molecule has 1 nitrogen and oxygen atoms in total. The molecule has 0 radical (unpaired) electrons. The Balaban J connectivity index is 3.09. The van der Waals surface area contributed by atoms with E-state index in [0.717, 1.165) is 12.5 Å². The molecule has 0 amide bonds. The summed E-state index contributed by atoms with van der Waals surface area (Å²) in [6.07, 6.45) is 4.07. The monoisotopic (exact) mass is 185 g/mol. The molecule has 0 aliphatic rings. The van der Waals surface area contributed by atoms with E-state index in [1.807, 2.05) is 0 Å². The SMILES string of the molecule is CC(C)CCCCNCC(C)(C)C. The lowest BCUT2D eigenvalue weighted by Gasteiger charge is -2.18. The van der Waals surface area contributed by atoms with Crippen LogP contribution in [0.5, 0.6) is 0 Å². The standard InChI is InChI=1S/C12H27N/c1-11(2)8-6-7-9-13-10-12(3,4)5/h11,13H,6-10H2,1-5H3. The van der Waals surface area contributed by atoms with E-state index in [4.69, 9.17) is 0 Å². The summed E-state index contributed by atoms with van der Waals surface area (Å²) in [6.45, 7) is 13.7. The van der Waals surface area contributed by atoms with Gasteiger partial charge in [-0.15, -0.1) is 0 Å². The molecule has 0 aliphatic carbocycles. The molecule has 0 aromatic carbocycles. The highest BCUT2D eigenvalue weighted by atomic mass is 14.9. The van der Waals surface area contributed by atoms with Gasteiger partial charge in [0.1, 0.15) is 0 Å². The molecule has 1 heteroatoms. The quantitative estimate of drug-likeness (QED) is 0.625. The molecule has 0 aromatic heterocycles. The first-order chi connectivity index (χ1) is 5.92. The summed E-state index contributed by atoms with van der Waals surface area (Å²) in [4.78, 5) is 0. The van der Waals surface area contributed by atoms with Crippen molar-refractivity contribution in [1.29, 1.82) is 0 Å². The van der Waals surface area contributed by atoms with Gasteiger partial charge in [0.2, 0.25) is 0 Å². The zero-order chi connectivity index (χ0) is 10.3. The van der Waals surface area contributed by atoms with E-state index in [2.05, 4.69) is 39.9 Å². The predicted octanol–water partition coefficient (Wildman–Crippen LogP) is 3.45. The van der Waals surface area contributed by atoms with Crippen molar-refractivity contribution < 1.29 is 0 Å². The Morgan fingerprint density at radius 1 is 1.08 bits per heavy atom. The summed E-state index contributed by atoms with van der Waals surface area (Å²) in [5.74, 6) is 0.864. The Bertz CT molecular complexity index is 111. The van der Waals surface area contributed by atoms with Gasteiger partial charge in [-0.05, 0) is 30.8 Å². The maximum Gasteiger partial charge on any atom is -0.0000126 e. The molecular formula is C12H27N. The van der Waals surface area contributed by atoms with Crippen LogP contribution in [0.25, 0.3) is 0 Å². The minimum absolute atomic E-state index is 0.429. The molecule has 1 N–H and O–H groups in total. The van der Waals surface area contributed by atoms with E-state index in [-0.39, 0.29) is 0 Å². The maximum absolute atomic E-state index is 3.50. The number of unbranched alkanes of at least 4 members (excludes halogenated alkanes) is 1. The van der Waals surface area contributed by atoms with Gasteiger partial charge in [-0.1, -0.05) is 47.5 Å². The lowest BCUT2D eigenvalue weighted by molar-refractivity contribution is 0.376. The summed E-state index contributed by atoms with van der Waals surface area (Å²) in [5, 5.41) is 3.50. The van der Waals surface area contributed by atoms with Crippen LogP contribution in [-0.4, -0.2) is 13.1 Å². The highest BCUT2D eigenvalue weighted by molar-refractivity contribution is 4.64. The minimum atomic E-state index is 0.429. The van der Waals surface area contributed by atoms with E-state index in [1.165, 1.54) is 25.8 Å². The lowest BCUT2D eigenvalue weighted by Crippen LogP contribution is -2.27. The van der Waals surface area contributed by atoms with Crippen molar-refractivity contribution >= 4 is 0 Å². The number of hydrogen-bond acceptors (Lipinski definition) is 1. The second-order valence-electron chi connectivity index (χ2n) is 5.63. The highest BCUT2D eigenvalue weighted by Crippen LogP contribution is 2.10. The van der Waals surface area contributed by atoms with Crippen LogP contribution in [0.3, 0.4) is 0 Å². The Hall–Kier alpha value is -0.0400. The molecule has 0 aromatic rings. The van der Waals surface area contributed by atoms with Gasteiger partial charge in [-0.25, -0.2) is 0 Å².